The number of carboxylic acid groups (broad SMARTS) is 1. The van der Waals surface area contributed by atoms with E-state index in [1.807, 2.05) is 0 Å². The van der Waals surface area contributed by atoms with Crippen molar-refractivity contribution in [3.63, 3.8) is 0 Å². The summed E-state index contributed by atoms with van der Waals surface area (Å²) < 4.78 is 408. The summed E-state index contributed by atoms with van der Waals surface area (Å²) in [5.41, 5.74) is 0. The fraction of sp³-hybridized carbons (Fsp3) is 0.944. The molecule has 0 aliphatic carbocycles. The fourth-order valence-corrected chi connectivity index (χ4v) is 3.31. The van der Waals surface area contributed by atoms with Crippen LogP contribution in [0.1, 0.15) is 6.42 Å². The molecule has 0 spiro atoms. The molecule has 0 saturated heterocycles. The molecule has 0 bridgehead atoms. The SMILES string of the molecule is O=C(O)C(F)(F)C(F)(F)C(F)(F)C(F)(F)C(F)(F)C(F)(F)C(F)(F)C(F)(F)C(F)(F)C(F)(F)C(F)(F)C(F)(F)C(F)(F)C(F)(F)C(F)(F)CCS. The van der Waals surface area contributed by atoms with Crippen molar-refractivity contribution in [3.05, 3.63) is 0 Å². The van der Waals surface area contributed by atoms with E-state index in [2.05, 4.69) is 12.6 Å². The minimum absolute atomic E-state index is 1.86. The van der Waals surface area contributed by atoms with Crippen LogP contribution in [0.2, 0.25) is 0 Å². The average Bonchev–Trinajstić information content (AvgIpc) is 2.91. The van der Waals surface area contributed by atoms with Crippen LogP contribution < -0.4 is 0 Å². The number of hydrogen-bond acceptors (Lipinski definition) is 2. The molecule has 1 N–H and O–H groups in total. The van der Waals surface area contributed by atoms with Gasteiger partial charge in [0.05, 0.1) is 0 Å². The molecule has 2 nitrogen and oxygen atoms in total. The van der Waals surface area contributed by atoms with Crippen LogP contribution in [-0.2, 0) is 4.79 Å². The maximum Gasteiger partial charge on any atom is 0.410 e. The quantitative estimate of drug-likeness (QED) is 0.113. The summed E-state index contributed by atoms with van der Waals surface area (Å²) >= 11 is 2.66. The highest BCUT2D eigenvalue weighted by Gasteiger charge is 3.01. The van der Waals surface area contributed by atoms with Crippen LogP contribution in [-0.4, -0.2) is 106 Å². The lowest BCUT2D eigenvalue weighted by atomic mass is 9.82. The molecule has 0 atom stereocenters. The Morgan fingerprint density at radius 3 is 0.647 bits per heavy atom. The van der Waals surface area contributed by atoms with Gasteiger partial charge in [-0.2, -0.15) is 144 Å². The molecule has 33 heteroatoms. The molecular weight excluding hydrogens is 850 g/mol. The molecule has 0 aromatic carbocycles. The van der Waals surface area contributed by atoms with Crippen molar-refractivity contribution >= 4 is 18.6 Å². The smallest absolute Gasteiger partial charge is 0.410 e. The zero-order valence-corrected chi connectivity index (χ0v) is 23.0. The van der Waals surface area contributed by atoms with E-state index in [1.165, 1.54) is 0 Å². The maximum absolute atomic E-state index is 13.8. The van der Waals surface area contributed by atoms with Crippen LogP contribution >= 0.6 is 12.6 Å². The Kier molecular flexibility index (Phi) is 11.6. The van der Waals surface area contributed by atoms with E-state index in [0.29, 0.717) is 0 Å². The van der Waals surface area contributed by atoms with Crippen molar-refractivity contribution in [3.8, 4) is 0 Å². The molecule has 0 fully saturated rings. The van der Waals surface area contributed by atoms with Crippen molar-refractivity contribution in [1.29, 1.82) is 0 Å². The molecule has 0 aromatic rings. The summed E-state index contributed by atoms with van der Waals surface area (Å²) in [5.74, 6) is -146. The predicted molar refractivity (Wildman–Crippen MR) is 100 cm³/mol. The first-order valence-corrected chi connectivity index (χ1v) is 11.6. The van der Waals surface area contributed by atoms with E-state index in [9.17, 15) is 137 Å². The molecule has 0 rings (SSSR count). The lowest BCUT2D eigenvalue weighted by Gasteiger charge is -2.46. The number of thiol groups is 1. The third-order valence-corrected chi connectivity index (χ3v) is 6.50. The molecule has 0 aliphatic heterocycles. The first-order chi connectivity index (χ1) is 21.5. The second-order valence-corrected chi connectivity index (χ2v) is 9.97. The number of aliphatic carboxylic acids is 1. The second-order valence-electron chi connectivity index (χ2n) is 9.52. The van der Waals surface area contributed by atoms with Crippen LogP contribution in [0.3, 0.4) is 0 Å². The van der Waals surface area contributed by atoms with Crippen molar-refractivity contribution in [1.82, 2.24) is 0 Å². The van der Waals surface area contributed by atoms with E-state index in [0.717, 1.165) is 0 Å². The third kappa shape index (κ3) is 5.58. The van der Waals surface area contributed by atoms with E-state index in [4.69, 9.17) is 5.11 Å². The van der Waals surface area contributed by atoms with Gasteiger partial charge in [-0.1, -0.05) is 0 Å². The Morgan fingerprint density at radius 1 is 0.333 bits per heavy atom. The minimum atomic E-state index is -10.1. The lowest BCUT2D eigenvalue weighted by Crippen LogP contribution is -2.79. The summed E-state index contributed by atoms with van der Waals surface area (Å²) in [7, 11) is 0. The van der Waals surface area contributed by atoms with Crippen molar-refractivity contribution in [2.24, 2.45) is 0 Å². The number of halogens is 30. The highest BCUT2D eigenvalue weighted by molar-refractivity contribution is 7.80. The Balaban J connectivity index is 7.68. The Labute approximate surface area is 262 Å². The lowest BCUT2D eigenvalue weighted by molar-refractivity contribution is -0.486. The van der Waals surface area contributed by atoms with Gasteiger partial charge in [-0.25, -0.2) is 4.79 Å². The Bertz CT molecular complexity index is 1300. The molecule has 0 unspecified atom stereocenters. The van der Waals surface area contributed by atoms with E-state index in [-0.39, 0.29) is 0 Å². The van der Waals surface area contributed by atoms with Gasteiger partial charge in [-0.05, 0) is 5.75 Å². The van der Waals surface area contributed by atoms with Gasteiger partial charge in [-0.3, -0.25) is 0 Å². The van der Waals surface area contributed by atoms with Gasteiger partial charge >= 0.3 is 94.8 Å². The van der Waals surface area contributed by atoms with Crippen LogP contribution in [0.5, 0.6) is 0 Å². The maximum atomic E-state index is 13.8. The molecule has 0 radical (unpaired) electrons. The van der Waals surface area contributed by atoms with Gasteiger partial charge in [0, 0.05) is 6.42 Å². The summed E-state index contributed by atoms with van der Waals surface area (Å²) in [6.45, 7) is 0. The summed E-state index contributed by atoms with van der Waals surface area (Å²) in [4.78, 5) is 9.97. The highest BCUT2D eigenvalue weighted by atomic mass is 32.1. The predicted octanol–water partition coefficient (Wildman–Crippen LogP) is 9.92. The first kappa shape index (κ1) is 48.7. The van der Waals surface area contributed by atoms with Crippen molar-refractivity contribution in [2.45, 2.75) is 95.3 Å². The molecular formula is C18H6F30O2S. The highest BCUT2D eigenvalue weighted by Crippen LogP contribution is 2.69. The van der Waals surface area contributed by atoms with Crippen molar-refractivity contribution < 1.29 is 142 Å². The standard InChI is InChI=1S/C18H6F30O2S/c19-4(20,1-2-51)6(23,24)8(27,28)10(31,32)12(35,36)14(39,40)16(43,44)18(47,48)17(45,46)15(41,42)13(37,38)11(33,34)9(29,30)7(25,26)5(21,22)3(49)50/h51H,1-2H2,(H,49,50). The molecule has 0 heterocycles. The summed E-state index contributed by atoms with van der Waals surface area (Å²) in [5, 5.41) is 7.69. The Hall–Kier alpha value is -2.28. The Morgan fingerprint density at radius 2 is 0.490 bits per heavy atom. The van der Waals surface area contributed by atoms with Crippen LogP contribution in [0.25, 0.3) is 0 Å². The monoisotopic (exact) mass is 856 g/mol. The second kappa shape index (κ2) is 12.1. The van der Waals surface area contributed by atoms with Gasteiger partial charge in [0.2, 0.25) is 0 Å². The van der Waals surface area contributed by atoms with Gasteiger partial charge in [0.25, 0.3) is 0 Å². The van der Waals surface area contributed by atoms with Gasteiger partial charge < -0.3 is 5.11 Å². The first-order valence-electron chi connectivity index (χ1n) is 11.0. The molecule has 0 saturated carbocycles. The fourth-order valence-electron chi connectivity index (χ4n) is 3.03. The molecule has 0 aliphatic rings. The number of carboxylic acids is 1. The number of carbonyl (C=O) groups is 1. The molecule has 306 valence electrons. The number of alkyl halides is 30. The normalized spacial score (nSPS) is 16.8. The zero-order chi connectivity index (χ0) is 42.5. The molecule has 0 amide bonds. The van der Waals surface area contributed by atoms with Crippen LogP contribution in [0, 0.1) is 0 Å². The van der Waals surface area contributed by atoms with E-state index >= 15 is 0 Å². The third-order valence-electron chi connectivity index (χ3n) is 6.28. The number of hydrogen-bond donors (Lipinski definition) is 2. The van der Waals surface area contributed by atoms with Gasteiger partial charge in [-0.15, -0.1) is 0 Å². The average molecular weight is 856 g/mol. The molecule has 0 aromatic heterocycles. The molecule has 51 heavy (non-hydrogen) atoms. The minimum Gasteiger partial charge on any atom is -0.477 e. The van der Waals surface area contributed by atoms with Gasteiger partial charge in [0.1, 0.15) is 0 Å². The summed E-state index contributed by atoms with van der Waals surface area (Å²) in [6.07, 6.45) is -2.97. The van der Waals surface area contributed by atoms with Crippen LogP contribution in [0.4, 0.5) is 132 Å². The largest absolute Gasteiger partial charge is 0.477 e. The van der Waals surface area contributed by atoms with Gasteiger partial charge in [0.15, 0.2) is 0 Å². The number of rotatable bonds is 17. The zero-order valence-electron chi connectivity index (χ0n) is 22.1. The topological polar surface area (TPSA) is 37.3 Å². The van der Waals surface area contributed by atoms with Crippen LogP contribution in [0.15, 0.2) is 0 Å². The van der Waals surface area contributed by atoms with Crippen molar-refractivity contribution in [2.75, 3.05) is 5.75 Å². The summed E-state index contributed by atoms with van der Waals surface area (Å²) in [6, 6.07) is 0. The van der Waals surface area contributed by atoms with E-state index in [1.54, 1.807) is 0 Å². The van der Waals surface area contributed by atoms with E-state index < -0.39 is 107 Å².